The van der Waals surface area contributed by atoms with Crippen molar-refractivity contribution < 1.29 is 4.79 Å². The van der Waals surface area contributed by atoms with Crippen LogP contribution in [0.3, 0.4) is 0 Å². The van der Waals surface area contributed by atoms with E-state index in [1.807, 2.05) is 25.1 Å². The standard InChI is InChI=1S/C14H23BrN4O/c1-5-6-19(8-7-18(3)4)14(20)12-9-11(15)10-17-13(12)16-2/h9-10H,5-8H2,1-4H3,(H,16,17). The molecule has 20 heavy (non-hydrogen) atoms. The van der Waals surface area contributed by atoms with Gasteiger partial charge < -0.3 is 15.1 Å². The molecule has 0 aliphatic carbocycles. The van der Waals surface area contributed by atoms with Gasteiger partial charge in [-0.05, 0) is 42.5 Å². The Morgan fingerprint density at radius 1 is 1.35 bits per heavy atom. The summed E-state index contributed by atoms with van der Waals surface area (Å²) in [6.45, 7) is 4.40. The monoisotopic (exact) mass is 342 g/mol. The lowest BCUT2D eigenvalue weighted by atomic mass is 10.2. The summed E-state index contributed by atoms with van der Waals surface area (Å²) < 4.78 is 0.809. The molecule has 0 spiro atoms. The molecular weight excluding hydrogens is 320 g/mol. The highest BCUT2D eigenvalue weighted by molar-refractivity contribution is 9.10. The molecule has 5 nitrogen and oxygen atoms in total. The number of aromatic nitrogens is 1. The second-order valence-corrected chi connectivity index (χ2v) is 5.81. The van der Waals surface area contributed by atoms with E-state index in [4.69, 9.17) is 0 Å². The number of hydrogen-bond donors (Lipinski definition) is 1. The summed E-state index contributed by atoms with van der Waals surface area (Å²) in [5.74, 6) is 0.635. The van der Waals surface area contributed by atoms with Crippen LogP contribution in [-0.4, -0.2) is 61.5 Å². The topological polar surface area (TPSA) is 48.5 Å². The van der Waals surface area contributed by atoms with Crippen LogP contribution in [-0.2, 0) is 0 Å². The predicted molar refractivity (Wildman–Crippen MR) is 86.2 cm³/mol. The number of pyridine rings is 1. The Morgan fingerprint density at radius 3 is 2.60 bits per heavy atom. The van der Waals surface area contributed by atoms with Crippen molar-refractivity contribution in [3.8, 4) is 0 Å². The minimum atomic E-state index is 0.0202. The first-order valence-electron chi connectivity index (χ1n) is 6.76. The SMILES string of the molecule is CCCN(CCN(C)C)C(=O)c1cc(Br)cnc1NC. The van der Waals surface area contributed by atoms with Crippen LogP contribution in [0.1, 0.15) is 23.7 Å². The third-order valence-corrected chi connectivity index (χ3v) is 3.35. The molecule has 1 N–H and O–H groups in total. The second kappa shape index (κ2) is 8.21. The van der Waals surface area contributed by atoms with Gasteiger partial charge in [-0.25, -0.2) is 4.98 Å². The highest BCUT2D eigenvalue weighted by atomic mass is 79.9. The van der Waals surface area contributed by atoms with E-state index < -0.39 is 0 Å². The fraction of sp³-hybridized carbons (Fsp3) is 0.571. The van der Waals surface area contributed by atoms with Crippen molar-refractivity contribution in [1.29, 1.82) is 0 Å². The molecule has 1 heterocycles. The Kier molecular flexibility index (Phi) is 6.95. The molecule has 0 fully saturated rings. The van der Waals surface area contributed by atoms with E-state index in [-0.39, 0.29) is 5.91 Å². The lowest BCUT2D eigenvalue weighted by Gasteiger charge is -2.24. The summed E-state index contributed by atoms with van der Waals surface area (Å²) >= 11 is 3.37. The maximum Gasteiger partial charge on any atom is 0.257 e. The van der Waals surface area contributed by atoms with Gasteiger partial charge in [0, 0.05) is 37.4 Å². The first-order chi connectivity index (χ1) is 9.49. The van der Waals surface area contributed by atoms with Crippen molar-refractivity contribution >= 4 is 27.7 Å². The molecule has 0 aliphatic heterocycles. The average Bonchev–Trinajstić information content (AvgIpc) is 2.42. The van der Waals surface area contributed by atoms with Gasteiger partial charge >= 0.3 is 0 Å². The van der Waals surface area contributed by atoms with Gasteiger partial charge in [-0.1, -0.05) is 6.92 Å². The van der Waals surface area contributed by atoms with Crippen LogP contribution >= 0.6 is 15.9 Å². The van der Waals surface area contributed by atoms with Gasteiger partial charge in [-0.2, -0.15) is 0 Å². The lowest BCUT2D eigenvalue weighted by Crippen LogP contribution is -2.37. The van der Waals surface area contributed by atoms with Gasteiger partial charge in [0.25, 0.3) is 5.91 Å². The predicted octanol–water partition coefficient (Wildman–Crippen LogP) is 2.30. The number of nitrogens with one attached hydrogen (secondary N) is 1. The van der Waals surface area contributed by atoms with Crippen molar-refractivity contribution in [2.75, 3.05) is 46.1 Å². The van der Waals surface area contributed by atoms with Gasteiger partial charge in [0.05, 0.1) is 5.56 Å². The Balaban J connectivity index is 2.95. The van der Waals surface area contributed by atoms with E-state index in [9.17, 15) is 4.79 Å². The molecule has 6 heteroatoms. The molecule has 0 aliphatic rings. The summed E-state index contributed by atoms with van der Waals surface area (Å²) in [6, 6.07) is 1.82. The number of halogens is 1. The number of amides is 1. The van der Waals surface area contributed by atoms with Gasteiger partial charge in [0.2, 0.25) is 0 Å². The normalized spacial score (nSPS) is 10.7. The first-order valence-corrected chi connectivity index (χ1v) is 7.56. The Labute approximate surface area is 129 Å². The van der Waals surface area contributed by atoms with Crippen LogP contribution in [0, 0.1) is 0 Å². The van der Waals surface area contributed by atoms with Crippen LogP contribution in [0.15, 0.2) is 16.7 Å². The van der Waals surface area contributed by atoms with E-state index in [1.54, 1.807) is 13.2 Å². The highest BCUT2D eigenvalue weighted by Crippen LogP contribution is 2.19. The third-order valence-electron chi connectivity index (χ3n) is 2.92. The van der Waals surface area contributed by atoms with Crippen molar-refractivity contribution in [1.82, 2.24) is 14.8 Å². The zero-order valence-electron chi connectivity index (χ0n) is 12.6. The zero-order valence-corrected chi connectivity index (χ0v) is 14.2. The minimum absolute atomic E-state index is 0.0202. The molecule has 112 valence electrons. The smallest absolute Gasteiger partial charge is 0.257 e. The fourth-order valence-corrected chi connectivity index (χ4v) is 2.21. The van der Waals surface area contributed by atoms with Crippen LogP contribution in [0.4, 0.5) is 5.82 Å². The van der Waals surface area contributed by atoms with Crippen molar-refractivity contribution in [3.05, 3.63) is 22.3 Å². The van der Waals surface area contributed by atoms with E-state index in [0.29, 0.717) is 11.4 Å². The Morgan fingerprint density at radius 2 is 2.05 bits per heavy atom. The van der Waals surface area contributed by atoms with Crippen LogP contribution in [0.25, 0.3) is 0 Å². The first kappa shape index (κ1) is 16.9. The molecule has 1 aromatic rings. The molecule has 0 atom stereocenters. The average molecular weight is 343 g/mol. The summed E-state index contributed by atoms with van der Waals surface area (Å²) in [6.07, 6.45) is 2.63. The minimum Gasteiger partial charge on any atom is -0.372 e. The second-order valence-electron chi connectivity index (χ2n) is 4.90. The molecule has 0 unspecified atom stereocenters. The third kappa shape index (κ3) is 4.76. The molecule has 0 saturated heterocycles. The van der Waals surface area contributed by atoms with E-state index in [2.05, 4.69) is 38.1 Å². The van der Waals surface area contributed by atoms with Crippen molar-refractivity contribution in [2.24, 2.45) is 0 Å². The zero-order chi connectivity index (χ0) is 15.1. The molecule has 1 amide bonds. The van der Waals surface area contributed by atoms with Gasteiger partial charge in [-0.15, -0.1) is 0 Å². The molecule has 1 rings (SSSR count). The van der Waals surface area contributed by atoms with Gasteiger partial charge in [0.1, 0.15) is 5.82 Å². The summed E-state index contributed by atoms with van der Waals surface area (Å²) in [4.78, 5) is 20.9. The molecule has 0 aromatic carbocycles. The van der Waals surface area contributed by atoms with Crippen LogP contribution in [0.5, 0.6) is 0 Å². The molecular formula is C14H23BrN4O. The van der Waals surface area contributed by atoms with Crippen molar-refractivity contribution in [2.45, 2.75) is 13.3 Å². The van der Waals surface area contributed by atoms with Gasteiger partial charge in [0.15, 0.2) is 0 Å². The number of hydrogen-bond acceptors (Lipinski definition) is 4. The summed E-state index contributed by atoms with van der Waals surface area (Å²) in [7, 11) is 5.79. The largest absolute Gasteiger partial charge is 0.372 e. The highest BCUT2D eigenvalue weighted by Gasteiger charge is 2.19. The molecule has 0 saturated carbocycles. The van der Waals surface area contributed by atoms with Crippen LogP contribution < -0.4 is 5.32 Å². The van der Waals surface area contributed by atoms with E-state index >= 15 is 0 Å². The van der Waals surface area contributed by atoms with E-state index in [0.717, 1.165) is 30.5 Å². The molecule has 1 aromatic heterocycles. The maximum absolute atomic E-state index is 12.7. The quantitative estimate of drug-likeness (QED) is 0.825. The Hall–Kier alpha value is -1.14. The number of anilines is 1. The Bertz CT molecular complexity index is 451. The number of rotatable bonds is 7. The van der Waals surface area contributed by atoms with Crippen molar-refractivity contribution in [3.63, 3.8) is 0 Å². The van der Waals surface area contributed by atoms with Crippen LogP contribution in [0.2, 0.25) is 0 Å². The molecule has 0 bridgehead atoms. The molecule has 0 radical (unpaired) electrons. The summed E-state index contributed by atoms with van der Waals surface area (Å²) in [5, 5.41) is 2.98. The number of nitrogens with zero attached hydrogens (tertiary/aromatic N) is 3. The van der Waals surface area contributed by atoms with E-state index in [1.165, 1.54) is 0 Å². The lowest BCUT2D eigenvalue weighted by molar-refractivity contribution is 0.0745. The number of carbonyl (C=O) groups excluding carboxylic acids is 1. The van der Waals surface area contributed by atoms with Gasteiger partial charge in [-0.3, -0.25) is 4.79 Å². The maximum atomic E-state index is 12.7. The number of carbonyl (C=O) groups is 1. The fourth-order valence-electron chi connectivity index (χ4n) is 1.88. The summed E-state index contributed by atoms with van der Waals surface area (Å²) in [5.41, 5.74) is 0.606. The number of likely N-dealkylation sites (N-methyl/N-ethyl adjacent to an activating group) is 1.